The summed E-state index contributed by atoms with van der Waals surface area (Å²) in [6.45, 7) is 1.39. The Kier molecular flexibility index (Phi) is 4.75. The van der Waals surface area contributed by atoms with Gasteiger partial charge in [-0.3, -0.25) is 4.79 Å². The van der Waals surface area contributed by atoms with E-state index in [2.05, 4.69) is 5.32 Å². The normalized spacial score (nSPS) is 16.8. The minimum Gasteiger partial charge on any atom is -0.387 e. The molecule has 0 aromatic heterocycles. The Morgan fingerprint density at radius 1 is 1.24 bits per heavy atom. The second kappa shape index (κ2) is 6.21. The number of nitrogens with one attached hydrogen (secondary N) is 1. The Morgan fingerprint density at radius 3 is 2.38 bits per heavy atom. The average Bonchev–Trinajstić information content (AvgIpc) is 2.45. The quantitative estimate of drug-likeness (QED) is 0.900. The highest BCUT2D eigenvalue weighted by atomic mass is 35.5. The Hall–Kier alpha value is -1.31. The van der Waals surface area contributed by atoms with Crippen LogP contribution >= 0.6 is 11.6 Å². The number of hydrogen-bond donors (Lipinski definition) is 1. The van der Waals surface area contributed by atoms with Gasteiger partial charge in [-0.05, 0) is 18.2 Å². The van der Waals surface area contributed by atoms with E-state index in [-0.39, 0.29) is 5.91 Å². The lowest BCUT2D eigenvalue weighted by molar-refractivity contribution is 0.0699. The molecule has 0 unspecified atom stereocenters. The van der Waals surface area contributed by atoms with Crippen molar-refractivity contribution in [3.63, 3.8) is 0 Å². The van der Waals surface area contributed by atoms with Gasteiger partial charge in [0, 0.05) is 43.9 Å². The zero-order chi connectivity index (χ0) is 15.6. The van der Waals surface area contributed by atoms with E-state index in [1.165, 1.54) is 10.6 Å². The van der Waals surface area contributed by atoms with Gasteiger partial charge in [-0.25, -0.2) is 8.42 Å². The van der Waals surface area contributed by atoms with E-state index in [4.69, 9.17) is 11.6 Å². The summed E-state index contributed by atoms with van der Waals surface area (Å²) in [5.74, 6) is -0.144. The first-order valence-corrected chi connectivity index (χ1v) is 8.77. The number of anilines is 1. The molecular formula is C13H18ClN3O3S. The molecule has 1 fully saturated rings. The lowest BCUT2D eigenvalue weighted by atomic mass is 10.1. The molecule has 1 N–H and O–H groups in total. The smallest absolute Gasteiger partial charge is 0.256 e. The third-order valence-electron chi connectivity index (χ3n) is 3.48. The van der Waals surface area contributed by atoms with E-state index >= 15 is 0 Å². The standard InChI is InChI=1S/C13H18ClN3O3S/c1-15-12-4-3-10(14)9-11(12)13(18)16-5-7-17(8-6-16)21(2,19)20/h3-4,9,15H,5-8H2,1-2H3. The topological polar surface area (TPSA) is 69.7 Å². The van der Waals surface area contributed by atoms with Crippen LogP contribution in [0.2, 0.25) is 5.02 Å². The van der Waals surface area contributed by atoms with Crippen LogP contribution in [0.3, 0.4) is 0 Å². The van der Waals surface area contributed by atoms with E-state index in [0.717, 1.165) is 0 Å². The minimum absolute atomic E-state index is 0.144. The fourth-order valence-corrected chi connectivity index (χ4v) is 3.30. The van der Waals surface area contributed by atoms with Crippen LogP contribution in [0.1, 0.15) is 10.4 Å². The molecule has 0 atom stereocenters. The minimum atomic E-state index is -3.20. The van der Waals surface area contributed by atoms with Crippen LogP contribution in [0.4, 0.5) is 5.69 Å². The van der Waals surface area contributed by atoms with Gasteiger partial charge in [0.25, 0.3) is 5.91 Å². The molecule has 1 aliphatic heterocycles. The highest BCUT2D eigenvalue weighted by Gasteiger charge is 2.27. The van der Waals surface area contributed by atoms with Crippen LogP contribution in [0, 0.1) is 0 Å². The first-order valence-electron chi connectivity index (χ1n) is 6.54. The van der Waals surface area contributed by atoms with Crippen molar-refractivity contribution < 1.29 is 13.2 Å². The van der Waals surface area contributed by atoms with Crippen LogP contribution in [-0.2, 0) is 10.0 Å². The highest BCUT2D eigenvalue weighted by Crippen LogP contribution is 2.22. The number of piperazine rings is 1. The maximum absolute atomic E-state index is 12.5. The number of rotatable bonds is 3. The lowest BCUT2D eigenvalue weighted by Gasteiger charge is -2.33. The number of amides is 1. The fraction of sp³-hybridized carbons (Fsp3) is 0.462. The van der Waals surface area contributed by atoms with Gasteiger partial charge >= 0.3 is 0 Å². The van der Waals surface area contributed by atoms with Crippen molar-refractivity contribution in [1.82, 2.24) is 9.21 Å². The molecule has 1 amide bonds. The van der Waals surface area contributed by atoms with Gasteiger partial charge in [-0.2, -0.15) is 4.31 Å². The van der Waals surface area contributed by atoms with Crippen molar-refractivity contribution in [3.05, 3.63) is 28.8 Å². The zero-order valence-electron chi connectivity index (χ0n) is 12.0. The molecule has 1 aromatic carbocycles. The summed E-state index contributed by atoms with van der Waals surface area (Å²) in [4.78, 5) is 14.2. The SMILES string of the molecule is CNc1ccc(Cl)cc1C(=O)N1CCN(S(C)(=O)=O)CC1. The summed E-state index contributed by atoms with van der Waals surface area (Å²) < 4.78 is 24.3. The van der Waals surface area contributed by atoms with Crippen LogP contribution in [-0.4, -0.2) is 63.0 Å². The van der Waals surface area contributed by atoms with Crippen molar-refractivity contribution >= 4 is 33.2 Å². The van der Waals surface area contributed by atoms with Gasteiger partial charge in [0.05, 0.1) is 11.8 Å². The first-order chi connectivity index (χ1) is 9.82. The van der Waals surface area contributed by atoms with E-state index in [9.17, 15) is 13.2 Å². The zero-order valence-corrected chi connectivity index (χ0v) is 13.5. The average molecular weight is 332 g/mol. The molecule has 0 aliphatic carbocycles. The summed E-state index contributed by atoms with van der Waals surface area (Å²) >= 11 is 5.95. The predicted molar refractivity (Wildman–Crippen MR) is 83.3 cm³/mol. The van der Waals surface area contributed by atoms with Gasteiger partial charge in [0.15, 0.2) is 0 Å². The summed E-state index contributed by atoms with van der Waals surface area (Å²) in [6, 6.07) is 5.09. The van der Waals surface area contributed by atoms with Crippen molar-refractivity contribution in [2.75, 3.05) is 44.8 Å². The molecule has 1 aromatic rings. The van der Waals surface area contributed by atoms with Gasteiger partial charge in [-0.15, -0.1) is 0 Å². The molecule has 8 heteroatoms. The van der Waals surface area contributed by atoms with Crippen molar-refractivity contribution in [2.45, 2.75) is 0 Å². The third-order valence-corrected chi connectivity index (χ3v) is 5.01. The molecule has 6 nitrogen and oxygen atoms in total. The third kappa shape index (κ3) is 3.66. The number of carbonyl (C=O) groups excluding carboxylic acids is 1. The molecule has 1 aliphatic rings. The van der Waals surface area contributed by atoms with Gasteiger partial charge < -0.3 is 10.2 Å². The number of sulfonamides is 1. The maximum atomic E-state index is 12.5. The maximum Gasteiger partial charge on any atom is 0.256 e. The highest BCUT2D eigenvalue weighted by molar-refractivity contribution is 7.88. The Balaban J connectivity index is 2.14. The van der Waals surface area contributed by atoms with Crippen LogP contribution in [0.5, 0.6) is 0 Å². The number of halogens is 1. The van der Waals surface area contributed by atoms with Gasteiger partial charge in [-0.1, -0.05) is 11.6 Å². The first kappa shape index (κ1) is 16.1. The molecule has 0 spiro atoms. The number of hydrogen-bond acceptors (Lipinski definition) is 4. The van der Waals surface area contributed by atoms with E-state index in [1.807, 2.05) is 0 Å². The summed E-state index contributed by atoms with van der Waals surface area (Å²) in [6.07, 6.45) is 1.18. The predicted octanol–water partition coefficient (Wildman–Crippen LogP) is 1.10. The molecule has 0 saturated carbocycles. The van der Waals surface area contributed by atoms with Crippen molar-refractivity contribution in [2.24, 2.45) is 0 Å². The van der Waals surface area contributed by atoms with E-state index < -0.39 is 10.0 Å². The molecule has 2 rings (SSSR count). The number of nitrogens with zero attached hydrogens (tertiary/aromatic N) is 2. The molecule has 1 heterocycles. The molecule has 21 heavy (non-hydrogen) atoms. The van der Waals surface area contributed by atoms with Crippen molar-refractivity contribution in [3.8, 4) is 0 Å². The summed E-state index contributed by atoms with van der Waals surface area (Å²) in [7, 11) is -1.46. The second-order valence-corrected chi connectivity index (χ2v) is 7.31. The molecule has 116 valence electrons. The Bertz CT molecular complexity index is 640. The Morgan fingerprint density at radius 2 is 1.86 bits per heavy atom. The lowest BCUT2D eigenvalue weighted by Crippen LogP contribution is -2.50. The monoisotopic (exact) mass is 331 g/mol. The van der Waals surface area contributed by atoms with Crippen LogP contribution in [0.25, 0.3) is 0 Å². The van der Waals surface area contributed by atoms with Crippen molar-refractivity contribution in [1.29, 1.82) is 0 Å². The molecule has 0 radical (unpaired) electrons. The largest absolute Gasteiger partial charge is 0.387 e. The van der Waals surface area contributed by atoms with Gasteiger partial charge in [0.2, 0.25) is 10.0 Å². The summed E-state index contributed by atoms with van der Waals surface area (Å²) in [5, 5.41) is 3.46. The van der Waals surface area contributed by atoms with E-state index in [1.54, 1.807) is 30.1 Å². The Labute approximate surface area is 129 Å². The fourth-order valence-electron chi connectivity index (χ4n) is 2.30. The summed E-state index contributed by atoms with van der Waals surface area (Å²) in [5.41, 5.74) is 1.20. The van der Waals surface area contributed by atoms with Gasteiger partial charge in [0.1, 0.15) is 0 Å². The molecule has 1 saturated heterocycles. The van der Waals surface area contributed by atoms with E-state index in [0.29, 0.717) is 42.5 Å². The van der Waals surface area contributed by atoms with Crippen LogP contribution in [0.15, 0.2) is 18.2 Å². The number of carbonyl (C=O) groups is 1. The number of benzene rings is 1. The molecule has 0 bridgehead atoms. The van der Waals surface area contributed by atoms with Crippen LogP contribution < -0.4 is 5.32 Å². The second-order valence-electron chi connectivity index (χ2n) is 4.89. The molecular weight excluding hydrogens is 314 g/mol.